The molecule has 3 heterocycles. The van der Waals surface area contributed by atoms with Crippen LogP contribution < -0.4 is 10.2 Å². The zero-order chi connectivity index (χ0) is 18.6. The number of amides is 3. The van der Waals surface area contributed by atoms with E-state index in [9.17, 15) is 14.4 Å². The Balaban J connectivity index is 1.43. The molecule has 0 spiro atoms. The number of ether oxygens (including phenoxy) is 2. The summed E-state index contributed by atoms with van der Waals surface area (Å²) < 4.78 is 11.4. The van der Waals surface area contributed by atoms with E-state index >= 15 is 0 Å². The topological polar surface area (TPSA) is 84.9 Å². The number of hydrogen-bond acceptors (Lipinski definition) is 5. The number of fused-ring (bicyclic) bond motifs is 5. The minimum Gasteiger partial charge on any atom is -0.481 e. The van der Waals surface area contributed by atoms with Crippen molar-refractivity contribution in [3.8, 4) is 5.75 Å². The van der Waals surface area contributed by atoms with Gasteiger partial charge in [0, 0.05) is 0 Å². The predicted octanol–water partition coefficient (Wildman–Crippen LogP) is 1.26. The number of nitrogens with one attached hydrogen (secondary N) is 1. The van der Waals surface area contributed by atoms with Gasteiger partial charge < -0.3 is 9.47 Å². The molecule has 0 radical (unpaired) electrons. The minimum atomic E-state index is -0.842. The lowest BCUT2D eigenvalue weighted by Gasteiger charge is -2.21. The van der Waals surface area contributed by atoms with Crippen LogP contribution in [0.1, 0.15) is 30.9 Å². The molecule has 3 saturated heterocycles. The second-order valence-corrected chi connectivity index (χ2v) is 7.41. The first-order valence-electron chi connectivity index (χ1n) is 8.94. The van der Waals surface area contributed by atoms with E-state index in [2.05, 4.69) is 5.43 Å². The van der Waals surface area contributed by atoms with Gasteiger partial charge in [-0.15, -0.1) is 0 Å². The molecule has 0 aliphatic carbocycles. The van der Waals surface area contributed by atoms with Crippen molar-refractivity contribution in [2.45, 2.75) is 51.9 Å². The Morgan fingerprint density at radius 2 is 1.65 bits per heavy atom. The summed E-state index contributed by atoms with van der Waals surface area (Å²) in [5, 5.41) is 0.868. The van der Waals surface area contributed by atoms with Crippen LogP contribution in [0.2, 0.25) is 0 Å². The number of carbonyl (C=O) groups is 3. The Morgan fingerprint density at radius 3 is 2.19 bits per heavy atom. The van der Waals surface area contributed by atoms with Crippen LogP contribution in [0.5, 0.6) is 5.75 Å². The van der Waals surface area contributed by atoms with Gasteiger partial charge in [-0.1, -0.05) is 6.07 Å². The Bertz CT molecular complexity index is 744. The fourth-order valence-electron chi connectivity index (χ4n) is 4.28. The summed E-state index contributed by atoms with van der Waals surface area (Å²) >= 11 is 0. The zero-order valence-corrected chi connectivity index (χ0v) is 15.0. The summed E-state index contributed by atoms with van der Waals surface area (Å²) in [5.74, 6) is -1.63. The third-order valence-corrected chi connectivity index (χ3v) is 5.38. The Labute approximate surface area is 151 Å². The highest BCUT2D eigenvalue weighted by Crippen LogP contribution is 2.48. The Hall–Kier alpha value is -2.41. The highest BCUT2D eigenvalue weighted by molar-refractivity contribution is 6.07. The summed E-state index contributed by atoms with van der Waals surface area (Å²) in [4.78, 5) is 37.6. The second-order valence-electron chi connectivity index (χ2n) is 7.41. The number of nitrogens with zero attached hydrogens (tertiary/aromatic N) is 1. The van der Waals surface area contributed by atoms with Crippen molar-refractivity contribution >= 4 is 17.7 Å². The van der Waals surface area contributed by atoms with Crippen molar-refractivity contribution in [2.75, 3.05) is 0 Å². The molecule has 138 valence electrons. The quantitative estimate of drug-likeness (QED) is 0.819. The number of hydrogen-bond donors (Lipinski definition) is 1. The summed E-state index contributed by atoms with van der Waals surface area (Å²) in [6.07, 6.45) is 0.336. The van der Waals surface area contributed by atoms with Crippen LogP contribution in [0.3, 0.4) is 0 Å². The average molecular weight is 358 g/mol. The van der Waals surface area contributed by atoms with Crippen molar-refractivity contribution < 1.29 is 23.9 Å². The molecule has 7 heteroatoms. The highest BCUT2D eigenvalue weighted by atomic mass is 16.5. The fourth-order valence-corrected chi connectivity index (χ4v) is 4.28. The number of rotatable bonds is 4. The maximum atomic E-state index is 12.6. The molecule has 26 heavy (non-hydrogen) atoms. The SMILES string of the molecule is Cc1cc(C)cc(OC(C)C(=O)NN2C(=O)C3C4CCC(O4)C3C2=O)c1. The molecular weight excluding hydrogens is 336 g/mol. The molecule has 3 aliphatic rings. The van der Waals surface area contributed by atoms with Crippen LogP contribution >= 0.6 is 0 Å². The molecule has 1 aromatic rings. The van der Waals surface area contributed by atoms with Gasteiger partial charge in [0.1, 0.15) is 5.75 Å². The van der Waals surface area contributed by atoms with Gasteiger partial charge in [0.15, 0.2) is 6.10 Å². The zero-order valence-electron chi connectivity index (χ0n) is 15.0. The standard InChI is InChI=1S/C19H22N2O5/c1-9-6-10(2)8-12(7-9)25-11(3)17(22)20-21-18(23)15-13-4-5-14(26-13)16(15)19(21)24/h6-8,11,13-16H,4-5H2,1-3H3,(H,20,22). The number of benzene rings is 1. The average Bonchev–Trinajstić information content (AvgIpc) is 3.23. The number of carbonyl (C=O) groups excluding carboxylic acids is 3. The van der Waals surface area contributed by atoms with Crippen molar-refractivity contribution in [3.63, 3.8) is 0 Å². The molecular formula is C19H22N2O5. The number of hydrazine groups is 1. The van der Waals surface area contributed by atoms with E-state index in [0.717, 1.165) is 29.0 Å². The largest absolute Gasteiger partial charge is 0.481 e. The van der Waals surface area contributed by atoms with Gasteiger partial charge in [-0.05, 0) is 56.9 Å². The lowest BCUT2D eigenvalue weighted by atomic mass is 9.81. The summed E-state index contributed by atoms with van der Waals surface area (Å²) in [5.41, 5.74) is 4.50. The second kappa shape index (κ2) is 6.09. The van der Waals surface area contributed by atoms with Crippen LogP contribution in [0.4, 0.5) is 0 Å². The van der Waals surface area contributed by atoms with E-state index in [1.807, 2.05) is 32.0 Å². The number of aryl methyl sites for hydroxylation is 2. The molecule has 4 rings (SSSR count). The van der Waals surface area contributed by atoms with Crippen LogP contribution in [0.25, 0.3) is 0 Å². The molecule has 3 fully saturated rings. The number of imide groups is 1. The van der Waals surface area contributed by atoms with Gasteiger partial charge >= 0.3 is 0 Å². The normalized spacial score (nSPS) is 30.5. The molecule has 2 bridgehead atoms. The van der Waals surface area contributed by atoms with Crippen LogP contribution in [0.15, 0.2) is 18.2 Å². The van der Waals surface area contributed by atoms with E-state index in [1.54, 1.807) is 6.92 Å². The summed E-state index contributed by atoms with van der Waals surface area (Å²) in [6, 6.07) is 5.68. The molecule has 5 unspecified atom stereocenters. The molecule has 0 saturated carbocycles. The monoisotopic (exact) mass is 358 g/mol. The van der Waals surface area contributed by atoms with E-state index < -0.39 is 23.8 Å². The molecule has 0 aromatic heterocycles. The molecule has 3 aliphatic heterocycles. The van der Waals surface area contributed by atoms with E-state index in [-0.39, 0.29) is 24.0 Å². The predicted molar refractivity (Wildman–Crippen MR) is 90.9 cm³/mol. The molecule has 7 nitrogen and oxygen atoms in total. The van der Waals surface area contributed by atoms with Crippen molar-refractivity contribution in [2.24, 2.45) is 11.8 Å². The van der Waals surface area contributed by atoms with Crippen molar-refractivity contribution in [1.82, 2.24) is 10.4 Å². The van der Waals surface area contributed by atoms with Crippen molar-refractivity contribution in [1.29, 1.82) is 0 Å². The first-order valence-corrected chi connectivity index (χ1v) is 8.94. The molecule has 1 N–H and O–H groups in total. The van der Waals surface area contributed by atoms with Gasteiger partial charge in [0.05, 0.1) is 24.0 Å². The summed E-state index contributed by atoms with van der Waals surface area (Å²) in [7, 11) is 0. The van der Waals surface area contributed by atoms with E-state index in [0.29, 0.717) is 5.75 Å². The molecule has 5 atom stereocenters. The van der Waals surface area contributed by atoms with Gasteiger partial charge in [-0.25, -0.2) is 0 Å². The third kappa shape index (κ3) is 2.67. The Morgan fingerprint density at radius 1 is 1.12 bits per heavy atom. The molecule has 1 aromatic carbocycles. The van der Waals surface area contributed by atoms with E-state index in [1.165, 1.54) is 0 Å². The summed E-state index contributed by atoms with van der Waals surface area (Å²) in [6.45, 7) is 5.48. The van der Waals surface area contributed by atoms with Gasteiger partial charge in [-0.2, -0.15) is 5.01 Å². The third-order valence-electron chi connectivity index (χ3n) is 5.38. The van der Waals surface area contributed by atoms with Gasteiger partial charge in [-0.3, -0.25) is 19.8 Å². The Kier molecular flexibility index (Phi) is 3.99. The van der Waals surface area contributed by atoms with Crippen LogP contribution in [0, 0.1) is 25.7 Å². The van der Waals surface area contributed by atoms with E-state index in [4.69, 9.17) is 9.47 Å². The van der Waals surface area contributed by atoms with Gasteiger partial charge in [0.25, 0.3) is 17.7 Å². The fraction of sp³-hybridized carbons (Fsp3) is 0.526. The first-order chi connectivity index (χ1) is 12.3. The highest BCUT2D eigenvalue weighted by Gasteiger charge is 2.63. The first kappa shape index (κ1) is 17.0. The lowest BCUT2D eigenvalue weighted by molar-refractivity contribution is -0.153. The molecule has 3 amide bonds. The van der Waals surface area contributed by atoms with Crippen molar-refractivity contribution in [3.05, 3.63) is 29.3 Å². The maximum Gasteiger partial charge on any atom is 0.279 e. The minimum absolute atomic E-state index is 0.202. The lowest BCUT2D eigenvalue weighted by Crippen LogP contribution is -2.51. The van der Waals surface area contributed by atoms with Gasteiger partial charge in [0.2, 0.25) is 0 Å². The smallest absolute Gasteiger partial charge is 0.279 e. The van der Waals surface area contributed by atoms with Crippen LogP contribution in [-0.4, -0.2) is 41.0 Å². The van der Waals surface area contributed by atoms with Crippen LogP contribution in [-0.2, 0) is 19.1 Å². The maximum absolute atomic E-state index is 12.6.